The largest absolute Gasteiger partial charge is 0.322 e. The van der Waals surface area contributed by atoms with Gasteiger partial charge in [-0.15, -0.1) is 0 Å². The number of rotatable bonds is 4. The van der Waals surface area contributed by atoms with E-state index in [0.29, 0.717) is 22.6 Å². The first-order valence-corrected chi connectivity index (χ1v) is 6.04. The second-order valence-corrected chi connectivity index (χ2v) is 4.08. The van der Waals surface area contributed by atoms with Gasteiger partial charge in [0.2, 0.25) is 0 Å². The molecular formula is C15H11N5O. The molecule has 3 N–H and O–H groups in total. The molecule has 21 heavy (non-hydrogen) atoms. The SMILES string of the molecule is N#CNc1ccc(NC(=O)c2ccc(NC#N)cc2)cc1. The van der Waals surface area contributed by atoms with Crippen molar-refractivity contribution in [1.82, 2.24) is 0 Å². The number of nitriles is 2. The van der Waals surface area contributed by atoms with Gasteiger partial charge in [-0.3, -0.25) is 15.4 Å². The van der Waals surface area contributed by atoms with Crippen molar-refractivity contribution in [3.63, 3.8) is 0 Å². The van der Waals surface area contributed by atoms with E-state index in [1.54, 1.807) is 48.5 Å². The van der Waals surface area contributed by atoms with Crippen molar-refractivity contribution in [3.8, 4) is 12.4 Å². The second-order valence-electron chi connectivity index (χ2n) is 4.08. The summed E-state index contributed by atoms with van der Waals surface area (Å²) in [6, 6.07) is 13.3. The Labute approximate surface area is 121 Å². The molecule has 0 bridgehead atoms. The number of hydrogen-bond donors (Lipinski definition) is 3. The van der Waals surface area contributed by atoms with Crippen LogP contribution in [0.4, 0.5) is 17.1 Å². The molecule has 1 amide bonds. The van der Waals surface area contributed by atoms with E-state index >= 15 is 0 Å². The third-order valence-electron chi connectivity index (χ3n) is 2.69. The summed E-state index contributed by atoms with van der Waals surface area (Å²) in [5, 5.41) is 24.7. The summed E-state index contributed by atoms with van der Waals surface area (Å²) in [4.78, 5) is 12.0. The minimum atomic E-state index is -0.250. The lowest BCUT2D eigenvalue weighted by molar-refractivity contribution is 0.102. The molecular weight excluding hydrogens is 266 g/mol. The van der Waals surface area contributed by atoms with Crippen molar-refractivity contribution in [2.24, 2.45) is 0 Å². The van der Waals surface area contributed by atoms with Gasteiger partial charge in [-0.25, -0.2) is 0 Å². The van der Waals surface area contributed by atoms with Crippen LogP contribution >= 0.6 is 0 Å². The standard InChI is InChI=1S/C15H11N5O/c16-9-18-12-3-1-11(2-4-12)15(21)20-14-7-5-13(6-8-14)19-10-17/h1-8,18-19H,(H,20,21). The van der Waals surface area contributed by atoms with Gasteiger partial charge in [0, 0.05) is 22.6 Å². The lowest BCUT2D eigenvalue weighted by Gasteiger charge is -2.06. The van der Waals surface area contributed by atoms with E-state index in [9.17, 15) is 4.79 Å². The minimum absolute atomic E-state index is 0.250. The van der Waals surface area contributed by atoms with E-state index in [0.717, 1.165) is 0 Å². The molecule has 0 spiro atoms. The van der Waals surface area contributed by atoms with Crippen LogP contribution in [0.3, 0.4) is 0 Å². The number of amides is 1. The first-order chi connectivity index (χ1) is 10.2. The Morgan fingerprint density at radius 1 is 0.762 bits per heavy atom. The van der Waals surface area contributed by atoms with Crippen LogP contribution in [-0.2, 0) is 0 Å². The number of anilines is 3. The summed E-state index contributed by atoms with van der Waals surface area (Å²) in [6.45, 7) is 0. The smallest absolute Gasteiger partial charge is 0.255 e. The lowest BCUT2D eigenvalue weighted by Crippen LogP contribution is -2.11. The molecule has 0 radical (unpaired) electrons. The number of benzene rings is 2. The highest BCUT2D eigenvalue weighted by Crippen LogP contribution is 2.15. The highest BCUT2D eigenvalue weighted by Gasteiger charge is 2.06. The van der Waals surface area contributed by atoms with Gasteiger partial charge in [0.05, 0.1) is 0 Å². The van der Waals surface area contributed by atoms with Crippen molar-refractivity contribution < 1.29 is 4.79 Å². The van der Waals surface area contributed by atoms with Crippen molar-refractivity contribution in [2.45, 2.75) is 0 Å². The topological polar surface area (TPSA) is 101 Å². The van der Waals surface area contributed by atoms with Gasteiger partial charge in [-0.2, -0.15) is 10.5 Å². The number of carbonyl (C=O) groups is 1. The number of nitrogens with one attached hydrogen (secondary N) is 3. The zero-order valence-electron chi connectivity index (χ0n) is 10.9. The first kappa shape index (κ1) is 13.9. The molecule has 0 unspecified atom stereocenters. The fourth-order valence-electron chi connectivity index (χ4n) is 1.67. The van der Waals surface area contributed by atoms with Crippen LogP contribution in [0.2, 0.25) is 0 Å². The summed E-state index contributed by atoms with van der Waals surface area (Å²) in [6.07, 6.45) is 3.63. The average Bonchev–Trinajstić information content (AvgIpc) is 2.50. The summed E-state index contributed by atoms with van der Waals surface area (Å²) >= 11 is 0. The van der Waals surface area contributed by atoms with Crippen molar-refractivity contribution in [3.05, 3.63) is 54.1 Å². The number of nitrogens with zero attached hydrogens (tertiary/aromatic N) is 2. The normalized spacial score (nSPS) is 9.05. The van der Waals surface area contributed by atoms with Crippen LogP contribution in [0, 0.1) is 22.9 Å². The van der Waals surface area contributed by atoms with Gasteiger partial charge in [0.15, 0.2) is 12.4 Å². The van der Waals surface area contributed by atoms with Crippen molar-refractivity contribution >= 4 is 23.0 Å². The molecule has 0 saturated carbocycles. The Morgan fingerprint density at radius 3 is 1.67 bits per heavy atom. The van der Waals surface area contributed by atoms with Crippen LogP contribution in [0.1, 0.15) is 10.4 Å². The van der Waals surface area contributed by atoms with E-state index in [1.807, 2.05) is 12.4 Å². The van der Waals surface area contributed by atoms with E-state index < -0.39 is 0 Å². The Kier molecular flexibility index (Phi) is 4.37. The fraction of sp³-hybridized carbons (Fsp3) is 0. The molecule has 0 aromatic heterocycles. The van der Waals surface area contributed by atoms with Gasteiger partial charge in [-0.05, 0) is 48.5 Å². The van der Waals surface area contributed by atoms with Crippen molar-refractivity contribution in [2.75, 3.05) is 16.0 Å². The van der Waals surface area contributed by atoms with Gasteiger partial charge in [0.1, 0.15) is 0 Å². The van der Waals surface area contributed by atoms with Crippen LogP contribution in [-0.4, -0.2) is 5.91 Å². The maximum absolute atomic E-state index is 12.0. The Hall–Kier alpha value is -3.51. The summed E-state index contributed by atoms with van der Waals surface area (Å²) in [7, 11) is 0. The molecule has 0 aliphatic heterocycles. The maximum Gasteiger partial charge on any atom is 0.255 e. The maximum atomic E-state index is 12.0. The highest BCUT2D eigenvalue weighted by atomic mass is 16.1. The van der Waals surface area contributed by atoms with Crippen LogP contribution in [0.5, 0.6) is 0 Å². The third kappa shape index (κ3) is 3.72. The zero-order valence-corrected chi connectivity index (χ0v) is 10.9. The van der Waals surface area contributed by atoms with E-state index in [4.69, 9.17) is 10.5 Å². The molecule has 0 fully saturated rings. The summed E-state index contributed by atoms with van der Waals surface area (Å²) < 4.78 is 0. The minimum Gasteiger partial charge on any atom is -0.322 e. The second kappa shape index (κ2) is 6.60. The first-order valence-electron chi connectivity index (χ1n) is 6.04. The van der Waals surface area contributed by atoms with Crippen LogP contribution < -0.4 is 16.0 Å². The average molecular weight is 277 g/mol. The van der Waals surface area contributed by atoms with Gasteiger partial charge >= 0.3 is 0 Å². The summed E-state index contributed by atoms with van der Waals surface area (Å²) in [5.41, 5.74) is 2.39. The Morgan fingerprint density at radius 2 is 1.19 bits per heavy atom. The van der Waals surface area contributed by atoms with Crippen molar-refractivity contribution in [1.29, 1.82) is 10.5 Å². The predicted octanol–water partition coefficient (Wildman–Crippen LogP) is 2.72. The number of hydrogen-bond acceptors (Lipinski definition) is 5. The van der Waals surface area contributed by atoms with E-state index in [-0.39, 0.29) is 5.91 Å². The molecule has 2 rings (SSSR count). The molecule has 6 nitrogen and oxygen atoms in total. The molecule has 0 aliphatic carbocycles. The van der Waals surface area contributed by atoms with Gasteiger partial charge in [-0.1, -0.05) is 0 Å². The monoisotopic (exact) mass is 277 g/mol. The Balaban J connectivity index is 2.04. The van der Waals surface area contributed by atoms with E-state index in [1.165, 1.54) is 0 Å². The molecule has 2 aromatic carbocycles. The van der Waals surface area contributed by atoms with Crippen LogP contribution in [0.15, 0.2) is 48.5 Å². The third-order valence-corrected chi connectivity index (χ3v) is 2.69. The molecule has 0 saturated heterocycles. The lowest BCUT2D eigenvalue weighted by atomic mass is 10.2. The predicted molar refractivity (Wildman–Crippen MR) is 79.3 cm³/mol. The van der Waals surface area contributed by atoms with Gasteiger partial charge < -0.3 is 5.32 Å². The fourth-order valence-corrected chi connectivity index (χ4v) is 1.67. The Bertz CT molecular complexity index is 708. The molecule has 102 valence electrons. The van der Waals surface area contributed by atoms with E-state index in [2.05, 4.69) is 16.0 Å². The molecule has 6 heteroatoms. The number of carbonyl (C=O) groups excluding carboxylic acids is 1. The molecule has 2 aromatic rings. The highest BCUT2D eigenvalue weighted by molar-refractivity contribution is 6.04. The van der Waals surface area contributed by atoms with Gasteiger partial charge in [0.25, 0.3) is 5.91 Å². The molecule has 0 heterocycles. The zero-order chi connectivity index (χ0) is 15.1. The van der Waals surface area contributed by atoms with Crippen LogP contribution in [0.25, 0.3) is 0 Å². The summed E-state index contributed by atoms with van der Waals surface area (Å²) in [5.74, 6) is -0.250. The molecule has 0 aliphatic rings. The quantitative estimate of drug-likeness (QED) is 0.589. The molecule has 0 atom stereocenters.